The van der Waals surface area contributed by atoms with Crippen LogP contribution < -0.4 is 4.52 Å². The standard InChI is InChI=1S/C26H27O4P/c1-5-9-23-19(4)31(29,30-25-11-8-7-10-24(23)25)26(20(6-2)13-12-18(3)27)21-14-16-22(28)17-15-21/h5-17,26-28H,3H2,1-2,4H3/b9-5-,13-12-,20-6+. The molecular weight excluding hydrogens is 407 g/mol. The third-order valence-electron chi connectivity index (χ3n) is 5.27. The van der Waals surface area contributed by atoms with E-state index >= 15 is 0 Å². The minimum Gasteiger partial charge on any atom is -0.509 e. The number of rotatable bonds is 6. The van der Waals surface area contributed by atoms with Gasteiger partial charge < -0.3 is 14.7 Å². The molecule has 0 amide bonds. The Morgan fingerprint density at radius 2 is 1.77 bits per heavy atom. The van der Waals surface area contributed by atoms with E-state index in [0.29, 0.717) is 16.6 Å². The second-order valence-corrected chi connectivity index (χ2v) is 9.85. The second-order valence-electron chi connectivity index (χ2n) is 7.29. The summed E-state index contributed by atoms with van der Waals surface area (Å²) in [6.07, 6.45) is 8.90. The van der Waals surface area contributed by atoms with Crippen molar-refractivity contribution in [3.05, 3.63) is 113 Å². The number of aliphatic hydroxyl groups excluding tert-OH is 1. The summed E-state index contributed by atoms with van der Waals surface area (Å²) in [6.45, 7) is 9.13. The number of aliphatic hydroxyl groups is 1. The maximum absolute atomic E-state index is 14.7. The third kappa shape index (κ3) is 4.45. The van der Waals surface area contributed by atoms with Gasteiger partial charge in [0.1, 0.15) is 22.9 Å². The largest absolute Gasteiger partial charge is 0.509 e. The van der Waals surface area contributed by atoms with Crippen LogP contribution in [-0.4, -0.2) is 10.2 Å². The van der Waals surface area contributed by atoms with Gasteiger partial charge in [0.2, 0.25) is 0 Å². The van der Waals surface area contributed by atoms with Crippen molar-refractivity contribution < 1.29 is 19.3 Å². The molecule has 2 aromatic rings. The molecular formula is C26H27O4P. The Kier molecular flexibility index (Phi) is 6.72. The van der Waals surface area contributed by atoms with E-state index in [1.807, 2.05) is 63.3 Å². The fourth-order valence-electron chi connectivity index (χ4n) is 3.75. The summed E-state index contributed by atoms with van der Waals surface area (Å²) in [5.41, 5.74) is 2.59. The average molecular weight is 434 g/mol. The van der Waals surface area contributed by atoms with Gasteiger partial charge in [0.25, 0.3) is 7.37 Å². The average Bonchev–Trinajstić information content (AvgIpc) is 2.75. The first-order chi connectivity index (χ1) is 14.8. The number of hydrogen-bond acceptors (Lipinski definition) is 4. The van der Waals surface area contributed by atoms with Crippen molar-refractivity contribution in [3.8, 4) is 11.5 Å². The van der Waals surface area contributed by atoms with Crippen LogP contribution in [0.2, 0.25) is 0 Å². The van der Waals surface area contributed by atoms with Gasteiger partial charge >= 0.3 is 0 Å². The number of para-hydroxylation sites is 1. The van der Waals surface area contributed by atoms with E-state index in [1.165, 1.54) is 6.08 Å². The molecule has 0 aliphatic carbocycles. The van der Waals surface area contributed by atoms with Gasteiger partial charge in [-0.1, -0.05) is 61.2 Å². The van der Waals surface area contributed by atoms with E-state index in [0.717, 1.165) is 16.7 Å². The number of phenols is 1. The summed E-state index contributed by atoms with van der Waals surface area (Å²) in [7, 11) is -3.49. The van der Waals surface area contributed by atoms with Crippen LogP contribution in [-0.2, 0) is 4.57 Å². The number of fused-ring (bicyclic) bond motifs is 1. The second kappa shape index (κ2) is 9.28. The maximum Gasteiger partial charge on any atom is 0.285 e. The molecule has 2 aromatic carbocycles. The summed E-state index contributed by atoms with van der Waals surface area (Å²) in [5.74, 6) is 0.594. The fraction of sp³-hybridized carbons (Fsp3) is 0.154. The van der Waals surface area contributed by atoms with Crippen LogP contribution in [0.1, 0.15) is 37.6 Å². The van der Waals surface area contributed by atoms with Crippen molar-refractivity contribution in [2.75, 3.05) is 0 Å². The lowest BCUT2D eigenvalue weighted by molar-refractivity contribution is 0.435. The summed E-state index contributed by atoms with van der Waals surface area (Å²) in [5, 5.41) is 20.0. The SMILES string of the molecule is C=C(O)/C=C\C(=C/C)C(c1ccc(O)cc1)P1(=O)Oc2ccccc2C(/C=C\C)=C1C. The lowest BCUT2D eigenvalue weighted by Gasteiger charge is -2.35. The lowest BCUT2D eigenvalue weighted by atomic mass is 10.0. The monoisotopic (exact) mass is 434 g/mol. The van der Waals surface area contributed by atoms with Crippen LogP contribution in [0.4, 0.5) is 0 Å². The highest BCUT2D eigenvalue weighted by Crippen LogP contribution is 2.71. The van der Waals surface area contributed by atoms with Gasteiger partial charge in [-0.15, -0.1) is 0 Å². The number of hydrogen-bond donors (Lipinski definition) is 2. The van der Waals surface area contributed by atoms with Crippen LogP contribution in [0.3, 0.4) is 0 Å². The van der Waals surface area contributed by atoms with Gasteiger partial charge in [0.15, 0.2) is 0 Å². The molecule has 3 rings (SSSR count). The zero-order valence-electron chi connectivity index (χ0n) is 17.9. The Morgan fingerprint density at radius 1 is 1.10 bits per heavy atom. The third-order valence-corrected chi connectivity index (χ3v) is 8.19. The molecule has 31 heavy (non-hydrogen) atoms. The van der Waals surface area contributed by atoms with E-state index in [-0.39, 0.29) is 11.5 Å². The summed E-state index contributed by atoms with van der Waals surface area (Å²) in [4.78, 5) is 0. The van der Waals surface area contributed by atoms with Crippen LogP contribution in [0.15, 0.2) is 102 Å². The maximum atomic E-state index is 14.7. The molecule has 0 saturated heterocycles. The van der Waals surface area contributed by atoms with Gasteiger partial charge in [-0.05, 0) is 61.8 Å². The first-order valence-corrected chi connectivity index (χ1v) is 11.7. The molecule has 1 heterocycles. The van der Waals surface area contributed by atoms with Crippen molar-refractivity contribution in [3.63, 3.8) is 0 Å². The fourth-order valence-corrected chi connectivity index (χ4v) is 6.55. The van der Waals surface area contributed by atoms with E-state index < -0.39 is 13.0 Å². The number of aromatic hydroxyl groups is 1. The quantitative estimate of drug-likeness (QED) is 0.278. The molecule has 4 nitrogen and oxygen atoms in total. The molecule has 0 spiro atoms. The van der Waals surface area contributed by atoms with Crippen molar-refractivity contribution in [1.82, 2.24) is 0 Å². The van der Waals surface area contributed by atoms with Crippen LogP contribution in [0, 0.1) is 0 Å². The Bertz CT molecular complexity index is 1150. The van der Waals surface area contributed by atoms with Gasteiger partial charge in [-0.3, -0.25) is 4.57 Å². The van der Waals surface area contributed by atoms with Crippen molar-refractivity contribution in [2.24, 2.45) is 0 Å². The highest BCUT2D eigenvalue weighted by molar-refractivity contribution is 7.64. The van der Waals surface area contributed by atoms with Gasteiger partial charge in [0.05, 0.1) is 0 Å². The molecule has 0 bridgehead atoms. The molecule has 0 radical (unpaired) electrons. The highest BCUT2D eigenvalue weighted by atomic mass is 31.2. The van der Waals surface area contributed by atoms with E-state index in [1.54, 1.807) is 30.3 Å². The number of allylic oxidation sites excluding steroid dienone is 8. The van der Waals surface area contributed by atoms with E-state index in [4.69, 9.17) is 4.52 Å². The number of benzene rings is 2. The molecule has 1 aliphatic heterocycles. The Labute approximate surface area is 183 Å². The minimum absolute atomic E-state index is 0.0983. The van der Waals surface area contributed by atoms with E-state index in [2.05, 4.69) is 6.58 Å². The first kappa shape index (κ1) is 22.5. The Morgan fingerprint density at radius 3 is 2.39 bits per heavy atom. The summed E-state index contributed by atoms with van der Waals surface area (Å²) < 4.78 is 21.0. The predicted molar refractivity (Wildman–Crippen MR) is 128 cm³/mol. The van der Waals surface area contributed by atoms with Crippen molar-refractivity contribution in [1.29, 1.82) is 0 Å². The normalized spacial score (nSPS) is 20.0. The van der Waals surface area contributed by atoms with Crippen LogP contribution in [0.5, 0.6) is 11.5 Å². The molecule has 2 unspecified atom stereocenters. The predicted octanol–water partition coefficient (Wildman–Crippen LogP) is 7.69. The molecule has 2 atom stereocenters. The van der Waals surface area contributed by atoms with Gasteiger partial charge in [0, 0.05) is 10.9 Å². The summed E-state index contributed by atoms with van der Waals surface area (Å²) >= 11 is 0. The molecule has 160 valence electrons. The smallest absolute Gasteiger partial charge is 0.285 e. The molecule has 0 saturated carbocycles. The lowest BCUT2D eigenvalue weighted by Crippen LogP contribution is -2.13. The van der Waals surface area contributed by atoms with Crippen molar-refractivity contribution in [2.45, 2.75) is 26.4 Å². The topological polar surface area (TPSA) is 66.8 Å². The Hall–Kier alpha value is -3.23. The summed E-state index contributed by atoms with van der Waals surface area (Å²) in [6, 6.07) is 14.2. The minimum atomic E-state index is -3.49. The zero-order valence-corrected chi connectivity index (χ0v) is 18.8. The molecule has 0 aromatic heterocycles. The van der Waals surface area contributed by atoms with E-state index in [9.17, 15) is 14.8 Å². The number of phenolic OH excluding ortho intramolecular Hbond substituents is 1. The van der Waals surface area contributed by atoms with Crippen molar-refractivity contribution >= 4 is 12.9 Å². The van der Waals surface area contributed by atoms with Crippen LogP contribution >= 0.6 is 7.37 Å². The van der Waals surface area contributed by atoms with Crippen LogP contribution in [0.25, 0.3) is 5.57 Å². The molecule has 1 aliphatic rings. The Balaban J connectivity index is 2.29. The van der Waals surface area contributed by atoms with Gasteiger partial charge in [-0.25, -0.2) is 0 Å². The zero-order chi connectivity index (χ0) is 22.6. The molecule has 2 N–H and O–H groups in total. The highest BCUT2D eigenvalue weighted by Gasteiger charge is 2.44. The molecule has 5 heteroatoms. The van der Waals surface area contributed by atoms with Gasteiger partial charge in [-0.2, -0.15) is 0 Å². The first-order valence-electron chi connectivity index (χ1n) is 10.1. The molecule has 0 fully saturated rings.